The average molecular weight is 291 g/mol. The first-order valence-electron chi connectivity index (χ1n) is 6.60. The van der Waals surface area contributed by atoms with Gasteiger partial charge in [0.25, 0.3) is 6.47 Å². The van der Waals surface area contributed by atoms with E-state index in [0.29, 0.717) is 13.0 Å². The summed E-state index contributed by atoms with van der Waals surface area (Å²) in [6.45, 7) is 1.11. The lowest BCUT2D eigenvalue weighted by molar-refractivity contribution is -0.122. The molecule has 0 unspecified atom stereocenters. The molecule has 0 saturated heterocycles. The summed E-state index contributed by atoms with van der Waals surface area (Å²) < 4.78 is 7.80. The number of aryl methyl sites for hydroxylation is 1. The molecule has 0 fully saturated rings. The van der Waals surface area contributed by atoms with Crippen LogP contribution in [-0.2, 0) is 24.4 Å². The van der Waals surface area contributed by atoms with Gasteiger partial charge >= 0.3 is 0 Å². The van der Waals surface area contributed by atoms with Crippen molar-refractivity contribution >= 4 is 6.47 Å². The number of hydrogen-bond donors (Lipinski definition) is 2. The number of aliphatic hydroxyl groups is 1. The number of para-hydroxylation sites is 1. The predicted octanol–water partition coefficient (Wildman–Crippen LogP) is 0.844. The van der Waals surface area contributed by atoms with Gasteiger partial charge in [-0.15, -0.1) is 10.2 Å². The molecule has 0 aliphatic carbocycles. The molecule has 1 aromatic heterocycles. The molecule has 7 heteroatoms. The molecule has 2 aromatic rings. The Hall–Kier alpha value is -2.41. The number of nitrogens with zero attached hydrogens (tertiary/aromatic N) is 3. The molecule has 0 atom stereocenters. The minimum Gasteiger partial charge on any atom is -0.485 e. The van der Waals surface area contributed by atoms with Crippen molar-refractivity contribution in [2.45, 2.75) is 26.0 Å². The Labute approximate surface area is 121 Å². The normalized spacial score (nSPS) is 12.0. The van der Waals surface area contributed by atoms with Crippen molar-refractivity contribution in [2.24, 2.45) is 0 Å². The highest BCUT2D eigenvalue weighted by molar-refractivity contribution is 5.34. The fourth-order valence-electron chi connectivity index (χ4n) is 2.17. The van der Waals surface area contributed by atoms with Crippen molar-refractivity contribution < 1.29 is 19.7 Å². The number of ether oxygens (including phenoxy) is 1. The first-order chi connectivity index (χ1) is 10.3. The van der Waals surface area contributed by atoms with E-state index in [9.17, 15) is 0 Å². The standard InChI is InChI=1S/C13H15N3O2.CH2O2/c17-7-3-6-12-14-15-13-9-18-11-5-2-1-4-10(11)8-16(12)13;2-1-3/h1-2,4-5,17H,3,6-9H2;1H,(H,2,3). The Morgan fingerprint density at radius 2 is 2.10 bits per heavy atom. The first-order valence-corrected chi connectivity index (χ1v) is 6.60. The number of rotatable bonds is 3. The van der Waals surface area contributed by atoms with Gasteiger partial charge in [-0.25, -0.2) is 0 Å². The Kier molecular flexibility index (Phi) is 5.28. The van der Waals surface area contributed by atoms with Crippen LogP contribution in [0.25, 0.3) is 0 Å². The van der Waals surface area contributed by atoms with Crippen LogP contribution in [0, 0.1) is 0 Å². The van der Waals surface area contributed by atoms with E-state index in [0.717, 1.165) is 35.9 Å². The van der Waals surface area contributed by atoms with Crippen LogP contribution >= 0.6 is 0 Å². The minimum absolute atomic E-state index is 0.176. The number of hydrogen-bond acceptors (Lipinski definition) is 5. The second-order valence-corrected chi connectivity index (χ2v) is 4.45. The van der Waals surface area contributed by atoms with Gasteiger partial charge in [0.15, 0.2) is 5.82 Å². The molecule has 2 N–H and O–H groups in total. The Bertz CT molecular complexity index is 598. The summed E-state index contributed by atoms with van der Waals surface area (Å²) >= 11 is 0. The van der Waals surface area contributed by atoms with Gasteiger partial charge in [-0.3, -0.25) is 4.79 Å². The van der Waals surface area contributed by atoms with Crippen molar-refractivity contribution in [3.63, 3.8) is 0 Å². The van der Waals surface area contributed by atoms with Gasteiger partial charge in [0.05, 0.1) is 6.54 Å². The number of benzene rings is 1. The Morgan fingerprint density at radius 1 is 1.33 bits per heavy atom. The summed E-state index contributed by atoms with van der Waals surface area (Å²) in [6.07, 6.45) is 1.45. The van der Waals surface area contributed by atoms with Crippen LogP contribution in [0.4, 0.5) is 0 Å². The second-order valence-electron chi connectivity index (χ2n) is 4.45. The summed E-state index contributed by atoms with van der Waals surface area (Å²) in [6, 6.07) is 8.01. The number of fused-ring (bicyclic) bond motifs is 2. The maximum atomic E-state index is 8.90. The smallest absolute Gasteiger partial charge is 0.290 e. The maximum Gasteiger partial charge on any atom is 0.290 e. The largest absolute Gasteiger partial charge is 0.485 e. The summed E-state index contributed by atoms with van der Waals surface area (Å²) in [4.78, 5) is 8.36. The van der Waals surface area contributed by atoms with Crippen molar-refractivity contribution in [1.82, 2.24) is 14.8 Å². The van der Waals surface area contributed by atoms with Crippen LogP contribution in [0.15, 0.2) is 24.3 Å². The van der Waals surface area contributed by atoms with E-state index in [1.165, 1.54) is 0 Å². The third-order valence-corrected chi connectivity index (χ3v) is 3.12. The summed E-state index contributed by atoms with van der Waals surface area (Å²) in [5.41, 5.74) is 1.14. The molecular formula is C14H17N3O4. The first kappa shape index (κ1) is 15.0. The number of aliphatic hydroxyl groups excluding tert-OH is 1. The van der Waals surface area contributed by atoms with Crippen molar-refractivity contribution in [3.05, 3.63) is 41.5 Å². The van der Waals surface area contributed by atoms with Gasteiger partial charge in [0.1, 0.15) is 18.2 Å². The lowest BCUT2D eigenvalue weighted by Crippen LogP contribution is -2.08. The lowest BCUT2D eigenvalue weighted by atomic mass is 10.2. The molecule has 112 valence electrons. The number of carbonyl (C=O) groups is 1. The zero-order valence-corrected chi connectivity index (χ0v) is 11.5. The molecule has 0 radical (unpaired) electrons. The molecule has 3 rings (SSSR count). The molecule has 1 aliphatic rings. The fraction of sp³-hybridized carbons (Fsp3) is 0.357. The molecule has 0 amide bonds. The van der Waals surface area contributed by atoms with Crippen LogP contribution in [0.3, 0.4) is 0 Å². The van der Waals surface area contributed by atoms with Crippen LogP contribution in [0.5, 0.6) is 5.75 Å². The Balaban J connectivity index is 0.000000497. The van der Waals surface area contributed by atoms with Crippen molar-refractivity contribution in [3.8, 4) is 5.75 Å². The average Bonchev–Trinajstić information content (AvgIpc) is 2.77. The molecular weight excluding hydrogens is 274 g/mol. The minimum atomic E-state index is -0.250. The Morgan fingerprint density at radius 3 is 2.86 bits per heavy atom. The molecule has 0 spiro atoms. The molecule has 0 saturated carbocycles. The van der Waals surface area contributed by atoms with Gasteiger partial charge < -0.3 is 19.5 Å². The van der Waals surface area contributed by atoms with Crippen LogP contribution in [0.1, 0.15) is 23.6 Å². The summed E-state index contributed by atoms with van der Waals surface area (Å²) in [7, 11) is 0. The van der Waals surface area contributed by atoms with Gasteiger partial charge in [-0.2, -0.15) is 0 Å². The molecule has 2 heterocycles. The molecule has 1 aliphatic heterocycles. The molecule has 21 heavy (non-hydrogen) atoms. The molecule has 0 bridgehead atoms. The van der Waals surface area contributed by atoms with Crippen LogP contribution in [0.2, 0.25) is 0 Å². The van der Waals surface area contributed by atoms with E-state index < -0.39 is 0 Å². The van der Waals surface area contributed by atoms with E-state index in [1.54, 1.807) is 0 Å². The van der Waals surface area contributed by atoms with Gasteiger partial charge in [-0.05, 0) is 12.5 Å². The fourth-order valence-corrected chi connectivity index (χ4v) is 2.17. The van der Waals surface area contributed by atoms with E-state index in [4.69, 9.17) is 19.7 Å². The van der Waals surface area contributed by atoms with Gasteiger partial charge in [-0.1, -0.05) is 18.2 Å². The maximum absolute atomic E-state index is 8.90. The summed E-state index contributed by atoms with van der Waals surface area (Å²) in [5, 5.41) is 24.1. The van der Waals surface area contributed by atoms with E-state index in [2.05, 4.69) is 20.8 Å². The monoisotopic (exact) mass is 291 g/mol. The third-order valence-electron chi connectivity index (χ3n) is 3.12. The highest BCUT2D eigenvalue weighted by atomic mass is 16.5. The van der Waals surface area contributed by atoms with Gasteiger partial charge in [0.2, 0.25) is 0 Å². The van der Waals surface area contributed by atoms with Crippen LogP contribution < -0.4 is 4.74 Å². The number of aromatic nitrogens is 3. The van der Waals surface area contributed by atoms with Crippen molar-refractivity contribution in [2.75, 3.05) is 6.61 Å². The molecule has 7 nitrogen and oxygen atoms in total. The van der Waals surface area contributed by atoms with E-state index in [-0.39, 0.29) is 13.1 Å². The lowest BCUT2D eigenvalue weighted by Gasteiger charge is -2.07. The highest BCUT2D eigenvalue weighted by Gasteiger charge is 2.18. The van der Waals surface area contributed by atoms with Gasteiger partial charge in [0, 0.05) is 18.6 Å². The zero-order chi connectivity index (χ0) is 15.1. The van der Waals surface area contributed by atoms with E-state index >= 15 is 0 Å². The van der Waals surface area contributed by atoms with Crippen LogP contribution in [-0.4, -0.2) is 38.1 Å². The van der Waals surface area contributed by atoms with E-state index in [1.807, 2.05) is 18.2 Å². The summed E-state index contributed by atoms with van der Waals surface area (Å²) in [5.74, 6) is 2.68. The topological polar surface area (TPSA) is 97.5 Å². The quantitative estimate of drug-likeness (QED) is 0.813. The third kappa shape index (κ3) is 3.57. The number of carboxylic acid groups (broad SMARTS) is 1. The predicted molar refractivity (Wildman–Crippen MR) is 74.0 cm³/mol. The second kappa shape index (κ2) is 7.39. The highest BCUT2D eigenvalue weighted by Crippen LogP contribution is 2.24. The SMILES string of the molecule is O=CO.OCCCc1nnc2n1Cc1ccccc1OC2. The van der Waals surface area contributed by atoms with Crippen molar-refractivity contribution in [1.29, 1.82) is 0 Å². The zero-order valence-electron chi connectivity index (χ0n) is 11.5. The molecule has 1 aromatic carbocycles.